The molecule has 2 heterocycles. The first-order valence-corrected chi connectivity index (χ1v) is 11.7. The molecule has 2 aliphatic rings. The number of hydrogen-bond donors (Lipinski definition) is 0. The van der Waals surface area contributed by atoms with E-state index in [0.29, 0.717) is 55.2 Å². The Kier molecular flexibility index (Phi) is 7.03. The molecule has 34 heavy (non-hydrogen) atoms. The van der Waals surface area contributed by atoms with Crippen molar-refractivity contribution in [2.45, 2.75) is 45.1 Å². The number of amides is 1. The maximum absolute atomic E-state index is 15.3. The maximum Gasteiger partial charge on any atom is 0.225 e. The summed E-state index contributed by atoms with van der Waals surface area (Å²) in [4.78, 5) is 21.5. The zero-order valence-electron chi connectivity index (χ0n) is 20.2. The minimum atomic E-state index is -0.440. The van der Waals surface area contributed by atoms with Gasteiger partial charge in [0.15, 0.2) is 11.6 Å². The van der Waals surface area contributed by atoms with Crippen molar-refractivity contribution in [3.8, 4) is 22.9 Å². The molecule has 1 atom stereocenters. The lowest BCUT2D eigenvalue weighted by molar-refractivity contribution is -0.134. The number of benzene rings is 1. The Morgan fingerprint density at radius 1 is 1.29 bits per heavy atom. The Labute approximate surface area is 200 Å². The van der Waals surface area contributed by atoms with Gasteiger partial charge in [-0.3, -0.25) is 4.79 Å². The van der Waals surface area contributed by atoms with Crippen molar-refractivity contribution in [2.24, 2.45) is 0 Å². The van der Waals surface area contributed by atoms with E-state index in [1.807, 2.05) is 18.7 Å². The zero-order chi connectivity index (χ0) is 24.4. The van der Waals surface area contributed by atoms with E-state index in [1.165, 1.54) is 7.11 Å². The van der Waals surface area contributed by atoms with Crippen molar-refractivity contribution in [3.63, 3.8) is 0 Å². The first-order valence-electron chi connectivity index (χ1n) is 11.7. The number of carbonyl (C=O) groups excluding carboxylic acids is 1. The predicted molar refractivity (Wildman–Crippen MR) is 127 cm³/mol. The largest absolute Gasteiger partial charge is 0.494 e. The van der Waals surface area contributed by atoms with Crippen LogP contribution in [0.25, 0.3) is 11.1 Å². The van der Waals surface area contributed by atoms with Crippen molar-refractivity contribution in [1.29, 1.82) is 5.26 Å². The van der Waals surface area contributed by atoms with Crippen LogP contribution in [0.5, 0.6) is 5.75 Å². The summed E-state index contributed by atoms with van der Waals surface area (Å²) in [5, 5.41) is 10.1. The van der Waals surface area contributed by atoms with Crippen LogP contribution in [-0.2, 0) is 9.53 Å². The third-order valence-corrected chi connectivity index (χ3v) is 6.75. The maximum atomic E-state index is 15.3. The highest BCUT2D eigenvalue weighted by atomic mass is 19.1. The second-order valence-corrected chi connectivity index (χ2v) is 9.03. The van der Waals surface area contributed by atoms with Gasteiger partial charge in [0, 0.05) is 49.8 Å². The van der Waals surface area contributed by atoms with Crippen LogP contribution in [0, 0.1) is 24.1 Å². The summed E-state index contributed by atoms with van der Waals surface area (Å²) in [5.41, 5.74) is 3.13. The number of pyridine rings is 1. The molecule has 1 saturated heterocycles. The minimum absolute atomic E-state index is 0.0216. The summed E-state index contributed by atoms with van der Waals surface area (Å²) in [6, 6.07) is 7.38. The lowest BCUT2D eigenvalue weighted by Crippen LogP contribution is -2.54. The quantitative estimate of drug-likeness (QED) is 0.613. The fourth-order valence-corrected chi connectivity index (χ4v) is 4.78. The second kappa shape index (κ2) is 9.98. The van der Waals surface area contributed by atoms with E-state index in [1.54, 1.807) is 25.3 Å². The number of nitriles is 1. The van der Waals surface area contributed by atoms with Crippen LogP contribution in [0.15, 0.2) is 18.2 Å². The van der Waals surface area contributed by atoms with E-state index in [0.717, 1.165) is 24.1 Å². The topological polar surface area (TPSA) is 78.7 Å². The van der Waals surface area contributed by atoms with Gasteiger partial charge in [0.05, 0.1) is 31.4 Å². The summed E-state index contributed by atoms with van der Waals surface area (Å²) in [6.45, 7) is 6.01. The van der Waals surface area contributed by atoms with Gasteiger partial charge in [-0.1, -0.05) is 12.1 Å². The third-order valence-electron chi connectivity index (χ3n) is 6.75. The number of anilines is 1. The van der Waals surface area contributed by atoms with Crippen LogP contribution < -0.4 is 9.64 Å². The van der Waals surface area contributed by atoms with Gasteiger partial charge in [0.25, 0.3) is 0 Å². The number of halogens is 1. The number of hydrogen-bond acceptors (Lipinski definition) is 6. The molecule has 8 heteroatoms. The van der Waals surface area contributed by atoms with Crippen LogP contribution in [-0.4, -0.2) is 62.3 Å². The molecule has 0 unspecified atom stereocenters. The van der Waals surface area contributed by atoms with E-state index in [9.17, 15) is 10.1 Å². The van der Waals surface area contributed by atoms with Crippen LogP contribution in [0.3, 0.4) is 0 Å². The molecule has 1 amide bonds. The molecule has 1 aromatic carbocycles. The number of piperazine rings is 1. The number of aromatic nitrogens is 1. The van der Waals surface area contributed by atoms with E-state index in [-0.39, 0.29) is 23.6 Å². The molecule has 1 aliphatic carbocycles. The van der Waals surface area contributed by atoms with Crippen LogP contribution in [0.4, 0.5) is 10.2 Å². The average molecular weight is 467 g/mol. The van der Waals surface area contributed by atoms with Gasteiger partial charge in [0.2, 0.25) is 5.91 Å². The SMILES string of the molecule is COCCC(=O)N1CCN(c2nc(C3CC3)c(-c3cccc(OC)c3F)c(C)c2C#N)C[C@H]1C. The van der Waals surface area contributed by atoms with E-state index in [2.05, 4.69) is 11.0 Å². The summed E-state index contributed by atoms with van der Waals surface area (Å²) in [5.74, 6) is 0.681. The summed E-state index contributed by atoms with van der Waals surface area (Å²) >= 11 is 0. The molecule has 4 rings (SSSR count). The molecule has 0 N–H and O–H groups in total. The molecule has 1 saturated carbocycles. The van der Waals surface area contributed by atoms with Crippen molar-refractivity contribution in [2.75, 3.05) is 45.4 Å². The van der Waals surface area contributed by atoms with Gasteiger partial charge in [-0.15, -0.1) is 0 Å². The van der Waals surface area contributed by atoms with Crippen molar-refractivity contribution < 1.29 is 18.7 Å². The minimum Gasteiger partial charge on any atom is -0.494 e. The molecule has 1 aliphatic heterocycles. The van der Waals surface area contributed by atoms with Gasteiger partial charge < -0.3 is 19.3 Å². The predicted octanol–water partition coefficient (Wildman–Crippen LogP) is 4.03. The van der Waals surface area contributed by atoms with Gasteiger partial charge >= 0.3 is 0 Å². The molecular formula is C26H31FN4O3. The highest BCUT2D eigenvalue weighted by Crippen LogP contribution is 2.47. The molecule has 7 nitrogen and oxygen atoms in total. The fourth-order valence-electron chi connectivity index (χ4n) is 4.78. The molecule has 180 valence electrons. The molecule has 0 radical (unpaired) electrons. The van der Waals surface area contributed by atoms with Crippen molar-refractivity contribution >= 4 is 11.7 Å². The monoisotopic (exact) mass is 466 g/mol. The normalized spacial score (nSPS) is 18.1. The Balaban J connectivity index is 1.73. The fraction of sp³-hybridized carbons (Fsp3) is 0.500. The first-order chi connectivity index (χ1) is 16.4. The molecule has 2 fully saturated rings. The van der Waals surface area contributed by atoms with Gasteiger partial charge in [-0.25, -0.2) is 9.37 Å². The molecule has 0 spiro atoms. The lowest BCUT2D eigenvalue weighted by Gasteiger charge is -2.41. The van der Waals surface area contributed by atoms with Gasteiger partial charge in [0.1, 0.15) is 11.9 Å². The van der Waals surface area contributed by atoms with Crippen LogP contribution in [0.1, 0.15) is 48.9 Å². The molecule has 2 aromatic rings. The lowest BCUT2D eigenvalue weighted by atomic mass is 9.92. The average Bonchev–Trinajstić information content (AvgIpc) is 3.68. The molecule has 1 aromatic heterocycles. The smallest absolute Gasteiger partial charge is 0.225 e. The number of nitrogens with zero attached hydrogens (tertiary/aromatic N) is 4. The highest BCUT2D eigenvalue weighted by molar-refractivity contribution is 5.79. The number of ether oxygens (including phenoxy) is 2. The van der Waals surface area contributed by atoms with Crippen molar-refractivity contribution in [1.82, 2.24) is 9.88 Å². The van der Waals surface area contributed by atoms with Crippen LogP contribution >= 0.6 is 0 Å². The Bertz CT molecular complexity index is 1130. The van der Waals surface area contributed by atoms with E-state index < -0.39 is 5.82 Å². The first kappa shape index (κ1) is 24.0. The van der Waals surface area contributed by atoms with Gasteiger partial charge in [-0.05, 0) is 38.3 Å². The Hall–Kier alpha value is -3.18. The zero-order valence-corrected chi connectivity index (χ0v) is 20.2. The van der Waals surface area contributed by atoms with Crippen molar-refractivity contribution in [3.05, 3.63) is 40.8 Å². The molecular weight excluding hydrogens is 435 g/mol. The summed E-state index contributed by atoms with van der Waals surface area (Å²) in [6.07, 6.45) is 2.34. The van der Waals surface area contributed by atoms with Gasteiger partial charge in [-0.2, -0.15) is 5.26 Å². The van der Waals surface area contributed by atoms with Crippen LogP contribution in [0.2, 0.25) is 0 Å². The number of methoxy groups -OCH3 is 2. The third kappa shape index (κ3) is 4.45. The Morgan fingerprint density at radius 3 is 2.68 bits per heavy atom. The number of rotatable bonds is 7. The molecule has 0 bridgehead atoms. The van der Waals surface area contributed by atoms with E-state index >= 15 is 4.39 Å². The van der Waals surface area contributed by atoms with E-state index in [4.69, 9.17) is 14.5 Å². The second-order valence-electron chi connectivity index (χ2n) is 9.03. The summed E-state index contributed by atoms with van der Waals surface area (Å²) < 4.78 is 25.5. The Morgan fingerprint density at radius 2 is 2.06 bits per heavy atom. The standard InChI is InChI=1S/C26H31FN4O3/c1-16-15-30(11-12-31(16)22(32)10-13-33-3)26-20(14-28)17(2)23(25(29-26)18-8-9-18)19-6-5-7-21(34-4)24(19)27/h5-7,16,18H,8-13,15H2,1-4H3/t16-/m1/s1. The summed E-state index contributed by atoms with van der Waals surface area (Å²) in [7, 11) is 3.03. The highest BCUT2D eigenvalue weighted by Gasteiger charge is 2.35. The number of carbonyl (C=O) groups is 1.